The first kappa shape index (κ1) is 21.7. The van der Waals surface area contributed by atoms with E-state index in [1.165, 1.54) is 21.9 Å². The standard InChI is InChI=1S/C21H23NO4S3/c1-3-22(29(25,26)16-17-7-5-4-6-8-17)15-19-11-14-21(27-19)18-9-12-20(13-10-18)28(2,23)24/h4-14H,3,15-16H2,1-2H3. The minimum absolute atomic E-state index is 0.0210. The minimum atomic E-state index is -3.43. The third-order valence-electron chi connectivity index (χ3n) is 4.50. The number of rotatable bonds is 8. The Labute approximate surface area is 176 Å². The Balaban J connectivity index is 1.75. The number of thiophene rings is 1. The molecule has 5 nitrogen and oxygen atoms in total. The SMILES string of the molecule is CCN(Cc1ccc(-c2ccc(S(C)(=O)=O)cc2)s1)S(=O)(=O)Cc1ccccc1. The van der Waals surface area contributed by atoms with E-state index in [2.05, 4.69) is 0 Å². The molecular formula is C21H23NO4S3. The Morgan fingerprint density at radius 2 is 1.52 bits per heavy atom. The smallest absolute Gasteiger partial charge is 0.218 e. The molecule has 0 radical (unpaired) electrons. The fourth-order valence-corrected chi connectivity index (χ4v) is 6.21. The summed E-state index contributed by atoms with van der Waals surface area (Å²) in [4.78, 5) is 2.18. The van der Waals surface area contributed by atoms with Gasteiger partial charge in [-0.05, 0) is 35.4 Å². The molecule has 3 rings (SSSR count). The summed E-state index contributed by atoms with van der Waals surface area (Å²) in [7, 11) is -6.66. The average Bonchev–Trinajstić information content (AvgIpc) is 3.14. The molecule has 0 aliphatic rings. The molecular weight excluding hydrogens is 426 g/mol. The summed E-state index contributed by atoms with van der Waals surface area (Å²) in [5.74, 6) is -0.0210. The third kappa shape index (κ3) is 5.54. The molecule has 3 aromatic rings. The van der Waals surface area contributed by atoms with Crippen molar-refractivity contribution >= 4 is 31.2 Å². The summed E-state index contributed by atoms with van der Waals surface area (Å²) in [6.07, 6.45) is 1.18. The van der Waals surface area contributed by atoms with E-state index in [4.69, 9.17) is 0 Å². The first-order valence-electron chi connectivity index (χ1n) is 9.10. The highest BCUT2D eigenvalue weighted by Gasteiger charge is 2.22. The molecule has 0 fully saturated rings. The Bertz CT molecular complexity index is 1170. The second-order valence-corrected chi connectivity index (χ2v) is 11.9. The summed E-state index contributed by atoms with van der Waals surface area (Å²) < 4.78 is 50.3. The molecule has 0 saturated carbocycles. The van der Waals surface area contributed by atoms with Crippen molar-refractivity contribution in [1.82, 2.24) is 4.31 Å². The lowest BCUT2D eigenvalue weighted by atomic mass is 10.2. The highest BCUT2D eigenvalue weighted by Crippen LogP contribution is 2.30. The van der Waals surface area contributed by atoms with Gasteiger partial charge in [-0.3, -0.25) is 0 Å². The van der Waals surface area contributed by atoms with Gasteiger partial charge in [0.1, 0.15) is 0 Å². The normalized spacial score (nSPS) is 12.4. The van der Waals surface area contributed by atoms with Crippen LogP contribution in [0.5, 0.6) is 0 Å². The van der Waals surface area contributed by atoms with Crippen molar-refractivity contribution in [1.29, 1.82) is 0 Å². The second-order valence-electron chi connectivity index (χ2n) is 6.73. The monoisotopic (exact) mass is 449 g/mol. The molecule has 0 amide bonds. The molecule has 2 aromatic carbocycles. The second kappa shape index (κ2) is 8.79. The molecule has 154 valence electrons. The largest absolute Gasteiger partial charge is 0.224 e. The van der Waals surface area contributed by atoms with Crippen LogP contribution in [0.2, 0.25) is 0 Å². The van der Waals surface area contributed by atoms with E-state index in [-0.39, 0.29) is 10.6 Å². The van der Waals surface area contributed by atoms with Gasteiger partial charge in [0.05, 0.1) is 10.6 Å². The molecule has 0 atom stereocenters. The topological polar surface area (TPSA) is 71.5 Å². The zero-order chi connectivity index (χ0) is 21.1. The zero-order valence-electron chi connectivity index (χ0n) is 16.3. The molecule has 8 heteroatoms. The van der Waals surface area contributed by atoms with Gasteiger partial charge in [0, 0.05) is 29.1 Å². The first-order chi connectivity index (χ1) is 13.7. The first-order valence-corrected chi connectivity index (χ1v) is 13.4. The fourth-order valence-electron chi connectivity index (χ4n) is 2.94. The molecule has 0 spiro atoms. The van der Waals surface area contributed by atoms with Crippen LogP contribution in [0, 0.1) is 0 Å². The van der Waals surface area contributed by atoms with Crippen molar-refractivity contribution < 1.29 is 16.8 Å². The predicted molar refractivity (Wildman–Crippen MR) is 118 cm³/mol. The molecule has 1 heterocycles. The quantitative estimate of drug-likeness (QED) is 0.517. The average molecular weight is 450 g/mol. The van der Waals surface area contributed by atoms with Crippen LogP contribution >= 0.6 is 11.3 Å². The highest BCUT2D eigenvalue weighted by atomic mass is 32.2. The van der Waals surface area contributed by atoms with Crippen LogP contribution in [-0.2, 0) is 32.2 Å². The van der Waals surface area contributed by atoms with Crippen LogP contribution < -0.4 is 0 Å². The fraction of sp³-hybridized carbons (Fsp3) is 0.238. The van der Waals surface area contributed by atoms with E-state index in [1.54, 1.807) is 24.3 Å². The zero-order valence-corrected chi connectivity index (χ0v) is 18.7. The maximum atomic E-state index is 12.8. The molecule has 29 heavy (non-hydrogen) atoms. The van der Waals surface area contributed by atoms with Crippen LogP contribution in [0.25, 0.3) is 10.4 Å². The Hall–Kier alpha value is -2.00. The molecule has 0 N–H and O–H groups in total. The van der Waals surface area contributed by atoms with Crippen LogP contribution in [0.15, 0.2) is 71.6 Å². The summed E-state index contributed by atoms with van der Waals surface area (Å²) in [5.41, 5.74) is 1.67. The number of hydrogen-bond acceptors (Lipinski definition) is 5. The molecule has 0 aliphatic carbocycles. The number of sulfone groups is 1. The lowest BCUT2D eigenvalue weighted by molar-refractivity contribution is 0.425. The Morgan fingerprint density at radius 3 is 2.10 bits per heavy atom. The lowest BCUT2D eigenvalue weighted by Gasteiger charge is -2.19. The highest BCUT2D eigenvalue weighted by molar-refractivity contribution is 7.90. The summed E-state index contributed by atoms with van der Waals surface area (Å²) in [5, 5.41) is 0. The maximum absolute atomic E-state index is 12.8. The summed E-state index contributed by atoms with van der Waals surface area (Å²) in [6.45, 7) is 2.55. The molecule has 0 unspecified atom stereocenters. The van der Waals surface area contributed by atoms with Crippen molar-refractivity contribution in [3.05, 3.63) is 77.2 Å². The van der Waals surface area contributed by atoms with Crippen molar-refractivity contribution in [3.8, 4) is 10.4 Å². The van der Waals surface area contributed by atoms with Crippen LogP contribution in [0.3, 0.4) is 0 Å². The summed E-state index contributed by atoms with van der Waals surface area (Å²) >= 11 is 1.51. The molecule has 0 aliphatic heterocycles. The van der Waals surface area contributed by atoms with Gasteiger partial charge in [0.25, 0.3) is 0 Å². The van der Waals surface area contributed by atoms with Crippen molar-refractivity contribution in [3.63, 3.8) is 0 Å². The van der Waals surface area contributed by atoms with E-state index in [9.17, 15) is 16.8 Å². The van der Waals surface area contributed by atoms with Gasteiger partial charge in [0.15, 0.2) is 9.84 Å². The van der Waals surface area contributed by atoms with Crippen molar-refractivity contribution in [2.75, 3.05) is 12.8 Å². The molecule has 1 aromatic heterocycles. The van der Waals surface area contributed by atoms with Gasteiger partial charge in [-0.25, -0.2) is 16.8 Å². The van der Waals surface area contributed by atoms with E-state index in [1.807, 2.05) is 49.4 Å². The van der Waals surface area contributed by atoms with Crippen molar-refractivity contribution in [2.45, 2.75) is 24.1 Å². The molecule has 0 bridgehead atoms. The number of nitrogens with zero attached hydrogens (tertiary/aromatic N) is 1. The van der Waals surface area contributed by atoms with Crippen molar-refractivity contribution in [2.24, 2.45) is 0 Å². The van der Waals surface area contributed by atoms with Gasteiger partial charge in [-0.2, -0.15) is 4.31 Å². The van der Waals surface area contributed by atoms with Gasteiger partial charge in [-0.15, -0.1) is 11.3 Å². The van der Waals surface area contributed by atoms with Gasteiger partial charge in [0.2, 0.25) is 10.0 Å². The number of benzene rings is 2. The Morgan fingerprint density at radius 1 is 0.862 bits per heavy atom. The third-order valence-corrected chi connectivity index (χ3v) is 8.62. The van der Waals surface area contributed by atoms with Gasteiger partial charge in [-0.1, -0.05) is 49.4 Å². The van der Waals surface area contributed by atoms with Gasteiger partial charge >= 0.3 is 0 Å². The van der Waals surface area contributed by atoms with Crippen LogP contribution in [-0.4, -0.2) is 33.9 Å². The Kier molecular flexibility index (Phi) is 6.58. The maximum Gasteiger partial charge on any atom is 0.218 e. The van der Waals surface area contributed by atoms with E-state index < -0.39 is 19.9 Å². The number of sulfonamides is 1. The van der Waals surface area contributed by atoms with Crippen LogP contribution in [0.1, 0.15) is 17.4 Å². The van der Waals surface area contributed by atoms with E-state index in [0.717, 1.165) is 20.9 Å². The van der Waals surface area contributed by atoms with E-state index in [0.29, 0.717) is 13.1 Å². The van der Waals surface area contributed by atoms with Gasteiger partial charge < -0.3 is 0 Å². The van der Waals surface area contributed by atoms with E-state index >= 15 is 0 Å². The number of hydrogen-bond donors (Lipinski definition) is 0. The summed E-state index contributed by atoms with van der Waals surface area (Å²) in [6, 6.07) is 19.7. The predicted octanol–water partition coefficient (Wildman–Crippen LogP) is 4.17. The minimum Gasteiger partial charge on any atom is -0.224 e. The van der Waals surface area contributed by atoms with Crippen LogP contribution in [0.4, 0.5) is 0 Å². The molecule has 0 saturated heterocycles. The lowest BCUT2D eigenvalue weighted by Crippen LogP contribution is -2.31.